The van der Waals surface area contributed by atoms with E-state index in [1.54, 1.807) is 0 Å². The molecule has 1 saturated heterocycles. The molecule has 3 atom stereocenters. The second kappa shape index (κ2) is 6.94. The van der Waals surface area contributed by atoms with Gasteiger partial charge in [-0.25, -0.2) is 0 Å². The Hall–Kier alpha value is -2.17. The van der Waals surface area contributed by atoms with Crippen LogP contribution in [0.5, 0.6) is 0 Å². The van der Waals surface area contributed by atoms with Crippen LogP contribution < -0.4 is 0 Å². The summed E-state index contributed by atoms with van der Waals surface area (Å²) >= 11 is 0. The van der Waals surface area contributed by atoms with Crippen LogP contribution in [0.3, 0.4) is 0 Å². The molecule has 0 aliphatic carbocycles. The van der Waals surface area contributed by atoms with E-state index < -0.39 is 12.0 Å². The largest absolute Gasteiger partial charge is 0.480 e. The topological polar surface area (TPSA) is 60.8 Å². The first kappa shape index (κ1) is 15.7. The van der Waals surface area contributed by atoms with E-state index in [4.69, 9.17) is 0 Å². The van der Waals surface area contributed by atoms with Crippen molar-refractivity contribution in [3.63, 3.8) is 0 Å². The van der Waals surface area contributed by atoms with Crippen LogP contribution in [0.4, 0.5) is 0 Å². The SMILES string of the molecule is O=C(O)[C@@H](c1ccccc1)N1C[C@@H](CO)[C@@H](c2ccccc2)C1. The number of carboxylic acids is 1. The van der Waals surface area contributed by atoms with Gasteiger partial charge in [0.05, 0.1) is 0 Å². The summed E-state index contributed by atoms with van der Waals surface area (Å²) in [5.41, 5.74) is 1.94. The molecule has 4 heteroatoms. The summed E-state index contributed by atoms with van der Waals surface area (Å²) in [6.45, 7) is 1.29. The highest BCUT2D eigenvalue weighted by molar-refractivity contribution is 5.75. The first-order valence-corrected chi connectivity index (χ1v) is 7.88. The Kier molecular flexibility index (Phi) is 4.74. The minimum atomic E-state index is -0.846. The van der Waals surface area contributed by atoms with E-state index in [0.717, 1.165) is 11.1 Å². The van der Waals surface area contributed by atoms with Crippen LogP contribution >= 0.6 is 0 Å². The van der Waals surface area contributed by atoms with Gasteiger partial charge in [-0.1, -0.05) is 60.7 Å². The van der Waals surface area contributed by atoms with Crippen molar-refractivity contribution in [2.45, 2.75) is 12.0 Å². The lowest BCUT2D eigenvalue weighted by Crippen LogP contribution is -2.32. The number of aliphatic carboxylic acids is 1. The average Bonchev–Trinajstić information content (AvgIpc) is 3.00. The average molecular weight is 311 g/mol. The number of benzene rings is 2. The molecule has 0 unspecified atom stereocenters. The third-order valence-corrected chi connectivity index (χ3v) is 4.65. The molecule has 120 valence electrons. The number of hydrogen-bond acceptors (Lipinski definition) is 3. The molecule has 4 nitrogen and oxygen atoms in total. The van der Waals surface area contributed by atoms with Crippen LogP contribution in [0, 0.1) is 5.92 Å². The highest BCUT2D eigenvalue weighted by Crippen LogP contribution is 2.37. The fourth-order valence-electron chi connectivity index (χ4n) is 3.52. The molecule has 23 heavy (non-hydrogen) atoms. The predicted molar refractivity (Wildman–Crippen MR) is 88.2 cm³/mol. The van der Waals surface area contributed by atoms with Gasteiger partial charge in [-0.3, -0.25) is 9.69 Å². The summed E-state index contributed by atoms with van der Waals surface area (Å²) in [5.74, 6) is -0.628. The Bertz CT molecular complexity index is 644. The van der Waals surface area contributed by atoms with Crippen molar-refractivity contribution in [2.75, 3.05) is 19.7 Å². The van der Waals surface area contributed by atoms with Gasteiger partial charge in [-0.15, -0.1) is 0 Å². The summed E-state index contributed by atoms with van der Waals surface area (Å²) < 4.78 is 0. The lowest BCUT2D eigenvalue weighted by Gasteiger charge is -2.24. The van der Waals surface area contributed by atoms with Gasteiger partial charge < -0.3 is 10.2 Å². The summed E-state index contributed by atoms with van der Waals surface area (Å²) in [4.78, 5) is 13.8. The molecular formula is C19H21NO3. The predicted octanol–water partition coefficient (Wildman–Crippen LogP) is 2.52. The van der Waals surface area contributed by atoms with Gasteiger partial charge >= 0.3 is 5.97 Å². The van der Waals surface area contributed by atoms with E-state index in [2.05, 4.69) is 12.1 Å². The third kappa shape index (κ3) is 3.28. The molecule has 3 rings (SSSR count). The maximum absolute atomic E-state index is 11.8. The smallest absolute Gasteiger partial charge is 0.325 e. The fourth-order valence-corrected chi connectivity index (χ4v) is 3.52. The summed E-state index contributed by atoms with van der Waals surface area (Å²) in [6.07, 6.45) is 0. The Labute approximate surface area is 136 Å². The Morgan fingerprint density at radius 2 is 1.65 bits per heavy atom. The fraction of sp³-hybridized carbons (Fsp3) is 0.316. The highest BCUT2D eigenvalue weighted by Gasteiger charge is 2.39. The van der Waals surface area contributed by atoms with E-state index in [0.29, 0.717) is 13.1 Å². The number of rotatable bonds is 5. The minimum Gasteiger partial charge on any atom is -0.480 e. The van der Waals surface area contributed by atoms with Crippen LogP contribution in [0.1, 0.15) is 23.1 Å². The van der Waals surface area contributed by atoms with Crippen molar-refractivity contribution >= 4 is 5.97 Å². The number of aliphatic hydroxyl groups excluding tert-OH is 1. The second-order valence-corrected chi connectivity index (χ2v) is 6.07. The van der Waals surface area contributed by atoms with Gasteiger partial charge in [0.25, 0.3) is 0 Å². The summed E-state index contributed by atoms with van der Waals surface area (Å²) in [6, 6.07) is 18.7. The number of carboxylic acid groups (broad SMARTS) is 1. The molecular weight excluding hydrogens is 290 g/mol. The van der Waals surface area contributed by atoms with Crippen LogP contribution in [0.15, 0.2) is 60.7 Å². The molecule has 2 aromatic carbocycles. The molecule has 0 aromatic heterocycles. The zero-order valence-corrected chi connectivity index (χ0v) is 12.9. The maximum atomic E-state index is 11.8. The van der Waals surface area contributed by atoms with E-state index in [1.807, 2.05) is 53.4 Å². The van der Waals surface area contributed by atoms with Crippen LogP contribution in [-0.2, 0) is 4.79 Å². The monoisotopic (exact) mass is 311 g/mol. The van der Waals surface area contributed by atoms with Crippen LogP contribution in [0.2, 0.25) is 0 Å². The van der Waals surface area contributed by atoms with E-state index in [-0.39, 0.29) is 18.4 Å². The number of hydrogen-bond donors (Lipinski definition) is 2. The Morgan fingerprint density at radius 1 is 1.04 bits per heavy atom. The van der Waals surface area contributed by atoms with E-state index >= 15 is 0 Å². The zero-order valence-electron chi connectivity index (χ0n) is 12.9. The van der Waals surface area contributed by atoms with Crippen molar-refractivity contribution < 1.29 is 15.0 Å². The maximum Gasteiger partial charge on any atom is 0.325 e. The van der Waals surface area contributed by atoms with Crippen molar-refractivity contribution in [3.05, 3.63) is 71.8 Å². The lowest BCUT2D eigenvalue weighted by atomic mass is 9.90. The molecule has 0 bridgehead atoms. The first-order valence-electron chi connectivity index (χ1n) is 7.88. The first-order chi connectivity index (χ1) is 11.2. The summed E-state index contributed by atoms with van der Waals surface area (Å²) in [7, 11) is 0. The normalized spacial score (nSPS) is 22.8. The molecule has 0 amide bonds. The minimum absolute atomic E-state index is 0.0583. The van der Waals surface area contributed by atoms with Crippen molar-refractivity contribution in [2.24, 2.45) is 5.92 Å². The summed E-state index contributed by atoms with van der Waals surface area (Å²) in [5, 5.41) is 19.4. The van der Waals surface area contributed by atoms with Crippen LogP contribution in [-0.4, -0.2) is 40.8 Å². The van der Waals surface area contributed by atoms with E-state index in [1.165, 1.54) is 0 Å². The number of carbonyl (C=O) groups is 1. The van der Waals surface area contributed by atoms with Crippen molar-refractivity contribution in [1.82, 2.24) is 4.90 Å². The van der Waals surface area contributed by atoms with Crippen LogP contribution in [0.25, 0.3) is 0 Å². The second-order valence-electron chi connectivity index (χ2n) is 6.07. The molecule has 2 aromatic rings. The van der Waals surface area contributed by atoms with Gasteiger partial charge in [-0.05, 0) is 11.1 Å². The molecule has 1 fully saturated rings. The molecule has 0 saturated carbocycles. The van der Waals surface area contributed by atoms with Gasteiger partial charge in [0.2, 0.25) is 0 Å². The number of aliphatic hydroxyl groups is 1. The van der Waals surface area contributed by atoms with E-state index in [9.17, 15) is 15.0 Å². The molecule has 0 spiro atoms. The Morgan fingerprint density at radius 3 is 2.22 bits per heavy atom. The molecule has 1 aliphatic rings. The van der Waals surface area contributed by atoms with Crippen molar-refractivity contribution in [1.29, 1.82) is 0 Å². The zero-order chi connectivity index (χ0) is 16.2. The molecule has 1 heterocycles. The quantitative estimate of drug-likeness (QED) is 0.891. The van der Waals surface area contributed by atoms with Gasteiger partial charge in [0, 0.05) is 31.5 Å². The van der Waals surface area contributed by atoms with Crippen molar-refractivity contribution in [3.8, 4) is 0 Å². The lowest BCUT2D eigenvalue weighted by molar-refractivity contribution is -0.143. The molecule has 1 aliphatic heterocycles. The highest BCUT2D eigenvalue weighted by atomic mass is 16.4. The van der Waals surface area contributed by atoms with Gasteiger partial charge in [0.1, 0.15) is 6.04 Å². The van der Waals surface area contributed by atoms with Gasteiger partial charge in [-0.2, -0.15) is 0 Å². The Balaban J connectivity index is 1.87. The third-order valence-electron chi connectivity index (χ3n) is 4.65. The van der Waals surface area contributed by atoms with Gasteiger partial charge in [0.15, 0.2) is 0 Å². The number of nitrogens with zero attached hydrogens (tertiary/aromatic N) is 1. The standard InChI is InChI=1S/C19H21NO3/c21-13-16-11-20(12-17(16)14-7-3-1-4-8-14)18(19(22)23)15-9-5-2-6-10-15/h1-10,16-18,21H,11-13H2,(H,22,23)/t16-,17+,18+/m0/s1. The molecule has 0 radical (unpaired) electrons. The molecule has 2 N–H and O–H groups in total. The number of likely N-dealkylation sites (tertiary alicyclic amines) is 1.